The van der Waals surface area contributed by atoms with Gasteiger partial charge in [-0.25, -0.2) is 0 Å². The number of carbonyl (C=O) groups is 1. The van der Waals surface area contributed by atoms with Crippen molar-refractivity contribution in [2.24, 2.45) is 0 Å². The second kappa shape index (κ2) is 10.6. The molecule has 1 aliphatic heterocycles. The Morgan fingerprint density at radius 1 is 1.20 bits per heavy atom. The molecule has 2 heterocycles. The summed E-state index contributed by atoms with van der Waals surface area (Å²) in [5, 5.41) is 5.10. The highest BCUT2D eigenvalue weighted by atomic mass is 35.5. The van der Waals surface area contributed by atoms with Crippen LogP contribution in [0.2, 0.25) is 5.15 Å². The fourth-order valence-corrected chi connectivity index (χ4v) is 3.91. The Kier molecular flexibility index (Phi) is 7.94. The molecule has 1 aromatic carbocycles. The third kappa shape index (κ3) is 5.64. The number of amides is 1. The molecule has 162 valence electrons. The number of carbonyl (C=O) groups excluding carboxylic acids is 1. The molecule has 0 aliphatic carbocycles. The van der Waals surface area contributed by atoms with Crippen molar-refractivity contribution < 1.29 is 9.53 Å². The average Bonchev–Trinajstić information content (AvgIpc) is 3.04. The highest BCUT2D eigenvalue weighted by Gasteiger charge is 2.20. The van der Waals surface area contributed by atoms with Crippen LogP contribution in [0.5, 0.6) is 5.75 Å². The number of piperazine rings is 1. The molecule has 1 aromatic heterocycles. The zero-order valence-electron chi connectivity index (χ0n) is 18.1. The minimum Gasteiger partial charge on any atom is -0.497 e. The van der Waals surface area contributed by atoms with Crippen LogP contribution in [0.4, 0.5) is 0 Å². The monoisotopic (exact) mass is 430 g/mol. The van der Waals surface area contributed by atoms with E-state index in [1.54, 1.807) is 19.3 Å². The molecular formula is C23H31ClN4O2. The van der Waals surface area contributed by atoms with Gasteiger partial charge in [0.15, 0.2) is 0 Å². The number of unbranched alkanes of at least 4 members (excludes halogenated alkanes) is 1. The van der Waals surface area contributed by atoms with Gasteiger partial charge in [-0.15, -0.1) is 0 Å². The highest BCUT2D eigenvalue weighted by molar-refractivity contribution is 6.31. The van der Waals surface area contributed by atoms with Gasteiger partial charge in [0.2, 0.25) is 5.91 Å². The summed E-state index contributed by atoms with van der Waals surface area (Å²) < 4.78 is 7.03. The molecule has 0 bridgehead atoms. The number of methoxy groups -OCH3 is 1. The van der Waals surface area contributed by atoms with E-state index in [0.29, 0.717) is 5.15 Å². The van der Waals surface area contributed by atoms with E-state index in [2.05, 4.69) is 29.1 Å². The summed E-state index contributed by atoms with van der Waals surface area (Å²) in [5.74, 6) is 0.892. The van der Waals surface area contributed by atoms with Gasteiger partial charge in [-0.3, -0.25) is 14.4 Å². The van der Waals surface area contributed by atoms with Crippen molar-refractivity contribution in [2.45, 2.75) is 39.8 Å². The van der Waals surface area contributed by atoms with Crippen LogP contribution in [-0.2, 0) is 17.9 Å². The summed E-state index contributed by atoms with van der Waals surface area (Å²) in [4.78, 5) is 16.9. The van der Waals surface area contributed by atoms with Gasteiger partial charge < -0.3 is 9.64 Å². The van der Waals surface area contributed by atoms with Crippen LogP contribution >= 0.6 is 11.6 Å². The molecule has 2 aromatic rings. The maximum Gasteiger partial charge on any atom is 0.246 e. The number of aromatic nitrogens is 2. The molecule has 0 unspecified atom stereocenters. The summed E-state index contributed by atoms with van der Waals surface area (Å²) in [6, 6.07) is 8.15. The fraction of sp³-hybridized carbons (Fsp3) is 0.478. The SMILES string of the molecule is CCCCn1nc(C)c(/C=C/C(=O)N2CCN(Cc3ccc(OC)cc3)CC2)c1Cl. The van der Waals surface area contributed by atoms with E-state index in [-0.39, 0.29) is 5.91 Å². The van der Waals surface area contributed by atoms with Crippen molar-refractivity contribution in [2.75, 3.05) is 33.3 Å². The predicted molar refractivity (Wildman–Crippen MR) is 121 cm³/mol. The van der Waals surface area contributed by atoms with Gasteiger partial charge in [-0.1, -0.05) is 37.1 Å². The molecule has 30 heavy (non-hydrogen) atoms. The van der Waals surface area contributed by atoms with E-state index in [1.807, 2.05) is 28.6 Å². The average molecular weight is 431 g/mol. The van der Waals surface area contributed by atoms with Crippen LogP contribution in [0, 0.1) is 6.92 Å². The van der Waals surface area contributed by atoms with Crippen LogP contribution in [0.15, 0.2) is 30.3 Å². The van der Waals surface area contributed by atoms with E-state index in [4.69, 9.17) is 16.3 Å². The first-order valence-electron chi connectivity index (χ1n) is 10.6. The minimum atomic E-state index is 0.0240. The van der Waals surface area contributed by atoms with Crippen LogP contribution < -0.4 is 4.74 Å². The van der Waals surface area contributed by atoms with Crippen LogP contribution in [-0.4, -0.2) is 58.8 Å². The Bertz CT molecular complexity index is 868. The Labute approximate surface area is 184 Å². The number of hydrogen-bond donors (Lipinski definition) is 0. The first kappa shape index (κ1) is 22.4. The van der Waals surface area contributed by atoms with Gasteiger partial charge >= 0.3 is 0 Å². The summed E-state index contributed by atoms with van der Waals surface area (Å²) in [5.41, 5.74) is 2.93. The zero-order chi connectivity index (χ0) is 21.5. The number of ether oxygens (including phenoxy) is 1. The molecule has 0 spiro atoms. The summed E-state index contributed by atoms with van der Waals surface area (Å²) in [6.45, 7) is 8.92. The lowest BCUT2D eigenvalue weighted by Gasteiger charge is -2.34. The molecule has 3 rings (SSSR count). The van der Waals surface area contributed by atoms with Crippen molar-refractivity contribution in [1.29, 1.82) is 0 Å². The van der Waals surface area contributed by atoms with Gasteiger partial charge in [-0.2, -0.15) is 5.10 Å². The largest absolute Gasteiger partial charge is 0.497 e. The normalized spacial score (nSPS) is 15.1. The third-order valence-electron chi connectivity index (χ3n) is 5.47. The number of halogens is 1. The standard InChI is InChI=1S/C23H31ClN4O2/c1-4-5-12-28-23(24)21(18(2)25-28)10-11-22(29)27-15-13-26(14-16-27)17-19-6-8-20(30-3)9-7-19/h6-11H,4-5,12-17H2,1-3H3/b11-10+. The first-order valence-corrected chi connectivity index (χ1v) is 10.9. The molecule has 0 N–H and O–H groups in total. The van der Waals surface area contributed by atoms with Crippen molar-refractivity contribution in [3.63, 3.8) is 0 Å². The molecule has 0 radical (unpaired) electrons. The van der Waals surface area contributed by atoms with Crippen molar-refractivity contribution in [3.8, 4) is 5.75 Å². The lowest BCUT2D eigenvalue weighted by atomic mass is 10.2. The van der Waals surface area contributed by atoms with Crippen molar-refractivity contribution in [1.82, 2.24) is 19.6 Å². The Hall–Kier alpha value is -2.31. The van der Waals surface area contributed by atoms with Gasteiger partial charge in [0.1, 0.15) is 10.9 Å². The first-order chi connectivity index (χ1) is 14.5. The second-order valence-electron chi connectivity index (χ2n) is 7.65. The number of hydrogen-bond acceptors (Lipinski definition) is 4. The summed E-state index contributed by atoms with van der Waals surface area (Å²) >= 11 is 6.46. The summed E-state index contributed by atoms with van der Waals surface area (Å²) in [6.07, 6.45) is 5.55. The minimum absolute atomic E-state index is 0.0240. The molecule has 0 saturated carbocycles. The van der Waals surface area contributed by atoms with Crippen LogP contribution in [0.1, 0.15) is 36.6 Å². The maximum atomic E-state index is 12.6. The highest BCUT2D eigenvalue weighted by Crippen LogP contribution is 2.22. The quantitative estimate of drug-likeness (QED) is 0.594. The van der Waals surface area contributed by atoms with E-state index in [1.165, 1.54) is 5.56 Å². The number of nitrogens with zero attached hydrogens (tertiary/aromatic N) is 4. The van der Waals surface area contributed by atoms with E-state index in [0.717, 1.165) is 69.1 Å². The lowest BCUT2D eigenvalue weighted by Crippen LogP contribution is -2.47. The molecule has 7 heteroatoms. The predicted octanol–water partition coefficient (Wildman–Crippen LogP) is 4.01. The van der Waals surface area contributed by atoms with Gasteiger partial charge in [-0.05, 0) is 37.1 Å². The van der Waals surface area contributed by atoms with Crippen molar-refractivity contribution in [3.05, 3.63) is 52.3 Å². The lowest BCUT2D eigenvalue weighted by molar-refractivity contribution is -0.127. The van der Waals surface area contributed by atoms with Crippen LogP contribution in [0.3, 0.4) is 0 Å². The van der Waals surface area contributed by atoms with E-state index >= 15 is 0 Å². The Morgan fingerprint density at radius 3 is 2.53 bits per heavy atom. The molecule has 6 nitrogen and oxygen atoms in total. The number of benzene rings is 1. The van der Waals surface area contributed by atoms with Gasteiger partial charge in [0.25, 0.3) is 0 Å². The smallest absolute Gasteiger partial charge is 0.246 e. The molecular weight excluding hydrogens is 400 g/mol. The van der Waals surface area contributed by atoms with Gasteiger partial charge in [0.05, 0.1) is 12.8 Å². The number of rotatable bonds is 8. The number of aryl methyl sites for hydroxylation is 2. The maximum absolute atomic E-state index is 12.6. The van der Waals surface area contributed by atoms with E-state index in [9.17, 15) is 4.79 Å². The molecule has 1 fully saturated rings. The second-order valence-corrected chi connectivity index (χ2v) is 8.01. The molecule has 1 saturated heterocycles. The fourth-order valence-electron chi connectivity index (χ4n) is 3.59. The van der Waals surface area contributed by atoms with Crippen molar-refractivity contribution >= 4 is 23.6 Å². The van der Waals surface area contributed by atoms with E-state index < -0.39 is 0 Å². The summed E-state index contributed by atoms with van der Waals surface area (Å²) in [7, 11) is 1.67. The topological polar surface area (TPSA) is 50.6 Å². The Balaban J connectivity index is 1.52. The van der Waals surface area contributed by atoms with Gasteiger partial charge in [0, 0.05) is 50.9 Å². The molecule has 0 atom stereocenters. The van der Waals surface area contributed by atoms with Crippen LogP contribution in [0.25, 0.3) is 6.08 Å². The molecule has 1 aliphatic rings. The Morgan fingerprint density at radius 2 is 1.90 bits per heavy atom. The molecule has 1 amide bonds. The third-order valence-corrected chi connectivity index (χ3v) is 5.87. The zero-order valence-corrected chi connectivity index (χ0v) is 18.9.